The molecule has 1 saturated heterocycles. The molecule has 26 heavy (non-hydrogen) atoms. The topological polar surface area (TPSA) is 82.6 Å². The van der Waals surface area contributed by atoms with E-state index in [1.165, 1.54) is 21.3 Å². The molecular formula is C18H22N4O3S. The number of amides is 1. The van der Waals surface area contributed by atoms with Crippen molar-refractivity contribution in [3.63, 3.8) is 0 Å². The van der Waals surface area contributed by atoms with Gasteiger partial charge >= 0.3 is 0 Å². The first-order valence-corrected chi connectivity index (χ1v) is 9.79. The highest BCUT2D eigenvalue weighted by molar-refractivity contribution is 7.89. The molecule has 0 spiro atoms. The van der Waals surface area contributed by atoms with Gasteiger partial charge in [-0.1, -0.05) is 12.1 Å². The molecule has 3 rings (SSSR count). The van der Waals surface area contributed by atoms with Crippen LogP contribution in [0.5, 0.6) is 0 Å². The fourth-order valence-electron chi connectivity index (χ4n) is 3.01. The van der Waals surface area contributed by atoms with Gasteiger partial charge in [0.15, 0.2) is 0 Å². The second kappa shape index (κ2) is 7.53. The Kier molecular flexibility index (Phi) is 5.36. The van der Waals surface area contributed by atoms with Crippen LogP contribution in [0.3, 0.4) is 0 Å². The third-order valence-corrected chi connectivity index (χ3v) is 6.26. The molecule has 1 aromatic carbocycles. The molecule has 8 heteroatoms. The maximum absolute atomic E-state index is 13.3. The molecule has 1 fully saturated rings. The van der Waals surface area contributed by atoms with Crippen LogP contribution >= 0.6 is 0 Å². The lowest BCUT2D eigenvalue weighted by molar-refractivity contribution is 0.0827. The molecule has 1 aromatic heterocycles. The number of benzene rings is 1. The number of nitrogens with one attached hydrogen (secondary N) is 1. The highest BCUT2D eigenvalue weighted by Crippen LogP contribution is 2.28. The van der Waals surface area contributed by atoms with Crippen LogP contribution in [0.1, 0.15) is 22.0 Å². The van der Waals surface area contributed by atoms with Crippen LogP contribution in [0.2, 0.25) is 0 Å². The van der Waals surface area contributed by atoms with E-state index < -0.39 is 10.0 Å². The molecule has 2 aromatic rings. The van der Waals surface area contributed by atoms with Crippen molar-refractivity contribution in [2.75, 3.05) is 33.7 Å². The third kappa shape index (κ3) is 3.62. The van der Waals surface area contributed by atoms with Crippen molar-refractivity contribution in [3.8, 4) is 0 Å². The Labute approximate surface area is 153 Å². The zero-order chi connectivity index (χ0) is 18.7. The lowest BCUT2D eigenvalue weighted by Gasteiger charge is -2.35. The van der Waals surface area contributed by atoms with Crippen LogP contribution in [0.4, 0.5) is 0 Å². The summed E-state index contributed by atoms with van der Waals surface area (Å²) in [6, 6.07) is 9.53. The minimum Gasteiger partial charge on any atom is -0.345 e. The molecule has 1 aliphatic heterocycles. The fourth-order valence-corrected chi connectivity index (χ4v) is 4.67. The van der Waals surface area contributed by atoms with Gasteiger partial charge in [0.05, 0.1) is 10.9 Å². The van der Waals surface area contributed by atoms with Gasteiger partial charge in [-0.05, 0) is 29.8 Å². The summed E-state index contributed by atoms with van der Waals surface area (Å²) in [4.78, 5) is 17.8. The third-order valence-electron chi connectivity index (χ3n) is 4.36. The van der Waals surface area contributed by atoms with E-state index >= 15 is 0 Å². The van der Waals surface area contributed by atoms with Gasteiger partial charge in [-0.15, -0.1) is 0 Å². The van der Waals surface area contributed by atoms with Crippen LogP contribution < -0.4 is 5.32 Å². The summed E-state index contributed by atoms with van der Waals surface area (Å²) in [6.07, 6.45) is 3.35. The van der Waals surface area contributed by atoms with Crippen LogP contribution in [0, 0.1) is 0 Å². The van der Waals surface area contributed by atoms with Crippen molar-refractivity contribution < 1.29 is 13.2 Å². The molecular weight excluding hydrogens is 352 g/mol. The molecule has 7 nitrogen and oxygen atoms in total. The van der Waals surface area contributed by atoms with E-state index in [-0.39, 0.29) is 16.8 Å². The highest BCUT2D eigenvalue weighted by Gasteiger charge is 2.34. The molecule has 1 N–H and O–H groups in total. The van der Waals surface area contributed by atoms with Crippen LogP contribution in [-0.2, 0) is 10.0 Å². The number of carbonyl (C=O) groups excluding carboxylic acids is 1. The monoisotopic (exact) mass is 374 g/mol. The Morgan fingerprint density at radius 2 is 2.08 bits per heavy atom. The largest absolute Gasteiger partial charge is 0.345 e. The number of piperazine rings is 1. The van der Waals surface area contributed by atoms with Crippen molar-refractivity contribution in [2.45, 2.75) is 10.9 Å². The molecule has 0 bridgehead atoms. The summed E-state index contributed by atoms with van der Waals surface area (Å²) in [5, 5.41) is 3.24. The molecule has 138 valence electrons. The Morgan fingerprint density at radius 1 is 1.27 bits per heavy atom. The fraction of sp³-hybridized carbons (Fsp3) is 0.333. The van der Waals surface area contributed by atoms with E-state index in [0.717, 1.165) is 5.56 Å². The second-order valence-corrected chi connectivity index (χ2v) is 8.24. The van der Waals surface area contributed by atoms with Gasteiger partial charge in [0.2, 0.25) is 10.0 Å². The maximum Gasteiger partial charge on any atom is 0.253 e. The molecule has 1 amide bonds. The van der Waals surface area contributed by atoms with Gasteiger partial charge < -0.3 is 10.2 Å². The predicted octanol–water partition coefficient (Wildman–Crippen LogP) is 1.12. The number of carbonyl (C=O) groups is 1. The summed E-state index contributed by atoms with van der Waals surface area (Å²) in [5.74, 6) is -0.230. The van der Waals surface area contributed by atoms with Crippen LogP contribution in [0.15, 0.2) is 53.7 Å². The number of sulfonamides is 1. The highest BCUT2D eigenvalue weighted by atomic mass is 32.2. The number of nitrogens with zero attached hydrogens (tertiary/aromatic N) is 3. The SMILES string of the molecule is CN(C)C(=O)c1cccc(S(=O)(=O)N2CCNCC2c2cccnc2)c1. The number of rotatable bonds is 4. The average Bonchev–Trinajstić information content (AvgIpc) is 2.68. The van der Waals surface area contributed by atoms with Crippen molar-refractivity contribution >= 4 is 15.9 Å². The van der Waals surface area contributed by atoms with Gasteiger partial charge in [0.1, 0.15) is 0 Å². The van der Waals surface area contributed by atoms with Crippen molar-refractivity contribution in [1.82, 2.24) is 19.5 Å². The summed E-state index contributed by atoms with van der Waals surface area (Å²) < 4.78 is 28.0. The number of hydrogen-bond donors (Lipinski definition) is 1. The summed E-state index contributed by atoms with van der Waals surface area (Å²) in [6.45, 7) is 1.45. The molecule has 0 saturated carbocycles. The van der Waals surface area contributed by atoms with Crippen molar-refractivity contribution in [2.24, 2.45) is 0 Å². The quantitative estimate of drug-likeness (QED) is 0.867. The van der Waals surface area contributed by atoms with Gasteiger partial charge in [0.25, 0.3) is 5.91 Å². The van der Waals surface area contributed by atoms with Crippen LogP contribution in [0.25, 0.3) is 0 Å². The molecule has 0 aliphatic carbocycles. The van der Waals surface area contributed by atoms with E-state index in [0.29, 0.717) is 25.2 Å². The maximum atomic E-state index is 13.3. The van der Waals surface area contributed by atoms with Crippen molar-refractivity contribution in [1.29, 1.82) is 0 Å². The first-order valence-electron chi connectivity index (χ1n) is 8.35. The van der Waals surface area contributed by atoms with E-state index in [4.69, 9.17) is 0 Å². The lowest BCUT2D eigenvalue weighted by atomic mass is 10.1. The molecule has 2 heterocycles. The van der Waals surface area contributed by atoms with Crippen LogP contribution in [-0.4, -0.2) is 62.2 Å². The predicted molar refractivity (Wildman–Crippen MR) is 98.2 cm³/mol. The molecule has 1 aliphatic rings. The lowest BCUT2D eigenvalue weighted by Crippen LogP contribution is -2.48. The standard InChI is InChI=1S/C18H22N4O3S/c1-21(2)18(23)14-5-3-7-16(11-14)26(24,25)22-10-9-20-13-17(22)15-6-4-8-19-12-15/h3-8,11-12,17,20H,9-10,13H2,1-2H3. The minimum absolute atomic E-state index is 0.126. The number of aromatic nitrogens is 1. The summed E-state index contributed by atoms with van der Waals surface area (Å²) in [5.41, 5.74) is 1.19. The van der Waals surface area contributed by atoms with Gasteiger partial charge in [-0.25, -0.2) is 8.42 Å². The first kappa shape index (κ1) is 18.5. The zero-order valence-electron chi connectivity index (χ0n) is 14.8. The van der Waals surface area contributed by atoms with E-state index in [9.17, 15) is 13.2 Å². The van der Waals surface area contributed by atoms with Gasteiger partial charge in [-0.3, -0.25) is 9.78 Å². The Hall–Kier alpha value is -2.29. The van der Waals surface area contributed by atoms with Crippen molar-refractivity contribution in [3.05, 3.63) is 59.9 Å². The number of hydrogen-bond acceptors (Lipinski definition) is 5. The molecule has 1 unspecified atom stereocenters. The average molecular weight is 374 g/mol. The molecule has 1 atom stereocenters. The van der Waals surface area contributed by atoms with E-state index in [1.807, 2.05) is 6.07 Å². The van der Waals surface area contributed by atoms with Gasteiger partial charge in [0, 0.05) is 51.7 Å². The Balaban J connectivity index is 1.98. The van der Waals surface area contributed by atoms with Gasteiger partial charge in [-0.2, -0.15) is 4.31 Å². The molecule has 0 radical (unpaired) electrons. The van der Waals surface area contributed by atoms with E-state index in [1.54, 1.807) is 44.7 Å². The first-order chi connectivity index (χ1) is 12.4. The second-order valence-electron chi connectivity index (χ2n) is 6.35. The number of pyridine rings is 1. The minimum atomic E-state index is -3.75. The normalized spacial score (nSPS) is 18.5. The van der Waals surface area contributed by atoms with E-state index in [2.05, 4.69) is 10.3 Å². The summed E-state index contributed by atoms with van der Waals surface area (Å²) in [7, 11) is -0.472. The zero-order valence-corrected chi connectivity index (χ0v) is 15.6. The smallest absolute Gasteiger partial charge is 0.253 e. The summed E-state index contributed by atoms with van der Waals surface area (Å²) >= 11 is 0. The Morgan fingerprint density at radius 3 is 2.77 bits per heavy atom. The Bertz CT molecular complexity index is 884.